The molecule has 146 valence electrons. The molecule has 0 radical (unpaired) electrons. The fourth-order valence-electron chi connectivity index (χ4n) is 2.94. The van der Waals surface area contributed by atoms with Crippen LogP contribution < -0.4 is 10.2 Å². The molecule has 0 aliphatic rings. The Hall–Kier alpha value is -3.52. The van der Waals surface area contributed by atoms with Gasteiger partial charge in [0.15, 0.2) is 5.82 Å². The summed E-state index contributed by atoms with van der Waals surface area (Å²) in [5.74, 6) is 0.875. The first-order chi connectivity index (χ1) is 14.1. The largest absolute Gasteiger partial charge is 0.507 e. The first-order valence-electron chi connectivity index (χ1n) is 8.72. The van der Waals surface area contributed by atoms with Crippen molar-refractivity contribution in [2.45, 2.75) is 6.92 Å². The molecule has 0 bridgehead atoms. The minimum Gasteiger partial charge on any atom is -0.507 e. The third-order valence-corrected chi connectivity index (χ3v) is 5.34. The predicted octanol–water partition coefficient (Wildman–Crippen LogP) is 5.05. The zero-order valence-corrected chi connectivity index (χ0v) is 16.5. The lowest BCUT2D eigenvalue weighted by Gasteiger charge is -2.08. The highest BCUT2D eigenvalue weighted by atomic mass is 32.1. The maximum atomic E-state index is 13.3. The van der Waals surface area contributed by atoms with E-state index in [9.17, 15) is 9.50 Å². The van der Waals surface area contributed by atoms with Crippen LogP contribution in [0.25, 0.3) is 21.3 Å². The number of hydrazone groups is 1. The highest BCUT2D eigenvalue weighted by molar-refractivity contribution is 7.17. The monoisotopic (exact) mass is 408 g/mol. The Bertz CT molecular complexity index is 1210. The first-order valence-corrected chi connectivity index (χ1v) is 9.60. The molecule has 4 rings (SSSR count). The third kappa shape index (κ3) is 3.74. The van der Waals surface area contributed by atoms with E-state index in [2.05, 4.69) is 20.5 Å². The van der Waals surface area contributed by atoms with Crippen LogP contribution in [0.2, 0.25) is 0 Å². The molecule has 0 unspecified atom stereocenters. The van der Waals surface area contributed by atoms with Crippen molar-refractivity contribution >= 4 is 33.1 Å². The average Bonchev–Trinajstić information content (AvgIpc) is 3.17. The molecule has 2 heterocycles. The molecule has 0 spiro atoms. The first kappa shape index (κ1) is 18.8. The lowest BCUT2D eigenvalue weighted by molar-refractivity contribution is 0.407. The number of anilines is 1. The van der Waals surface area contributed by atoms with Crippen LogP contribution in [0.4, 0.5) is 10.2 Å². The van der Waals surface area contributed by atoms with Gasteiger partial charge in [-0.3, -0.25) is 5.43 Å². The summed E-state index contributed by atoms with van der Waals surface area (Å²) in [4.78, 5) is 9.43. The van der Waals surface area contributed by atoms with Crippen molar-refractivity contribution in [3.8, 4) is 22.6 Å². The normalized spacial score (nSPS) is 11.6. The molecule has 0 saturated carbocycles. The van der Waals surface area contributed by atoms with Crippen LogP contribution in [-0.4, -0.2) is 27.9 Å². The van der Waals surface area contributed by atoms with Crippen LogP contribution in [0.1, 0.15) is 12.5 Å². The molecule has 8 heteroatoms. The Morgan fingerprint density at radius 3 is 2.69 bits per heavy atom. The number of thiophene rings is 1. The quantitative estimate of drug-likeness (QED) is 0.357. The van der Waals surface area contributed by atoms with E-state index in [-0.39, 0.29) is 11.6 Å². The number of nitrogens with one attached hydrogen (secondary N) is 1. The van der Waals surface area contributed by atoms with Crippen molar-refractivity contribution in [3.63, 3.8) is 0 Å². The van der Waals surface area contributed by atoms with Gasteiger partial charge in [0.25, 0.3) is 0 Å². The molecule has 4 aromatic rings. The number of phenols is 1. The minimum atomic E-state index is -0.289. The number of ether oxygens (including phenoxy) is 1. The Labute approximate surface area is 170 Å². The number of methoxy groups -OCH3 is 1. The van der Waals surface area contributed by atoms with E-state index in [1.54, 1.807) is 31.2 Å². The number of rotatable bonds is 5. The van der Waals surface area contributed by atoms with E-state index in [4.69, 9.17) is 4.74 Å². The van der Waals surface area contributed by atoms with Gasteiger partial charge in [-0.25, -0.2) is 14.4 Å². The van der Waals surface area contributed by atoms with Crippen molar-refractivity contribution in [1.29, 1.82) is 0 Å². The number of hydrogen-bond acceptors (Lipinski definition) is 7. The Morgan fingerprint density at radius 2 is 1.97 bits per heavy atom. The smallest absolute Gasteiger partial charge is 0.159 e. The van der Waals surface area contributed by atoms with Crippen molar-refractivity contribution in [3.05, 3.63) is 65.6 Å². The van der Waals surface area contributed by atoms with E-state index >= 15 is 0 Å². The summed E-state index contributed by atoms with van der Waals surface area (Å²) in [6.07, 6.45) is 1.46. The summed E-state index contributed by atoms with van der Waals surface area (Å²) in [5.41, 5.74) is 5.89. The van der Waals surface area contributed by atoms with Crippen LogP contribution in [0.5, 0.6) is 11.5 Å². The SMILES string of the molecule is COc1ccc(/C(C)=N/Nc2ncnc3scc(-c4ccc(F)cc4)c23)c(O)c1. The van der Waals surface area contributed by atoms with Crippen LogP contribution in [-0.2, 0) is 0 Å². The van der Waals surface area contributed by atoms with Crippen molar-refractivity contribution in [2.75, 3.05) is 12.5 Å². The van der Waals surface area contributed by atoms with Gasteiger partial charge in [-0.05, 0) is 36.8 Å². The molecule has 29 heavy (non-hydrogen) atoms. The van der Waals surface area contributed by atoms with Gasteiger partial charge >= 0.3 is 0 Å². The number of fused-ring (bicyclic) bond motifs is 1. The predicted molar refractivity (Wildman–Crippen MR) is 113 cm³/mol. The molecule has 0 aliphatic carbocycles. The maximum absolute atomic E-state index is 13.3. The van der Waals surface area contributed by atoms with Gasteiger partial charge in [0.05, 0.1) is 18.2 Å². The Morgan fingerprint density at radius 1 is 1.17 bits per heavy atom. The highest BCUT2D eigenvalue weighted by Gasteiger charge is 2.13. The summed E-state index contributed by atoms with van der Waals surface area (Å²) < 4.78 is 18.4. The number of phenolic OH excluding ortho intramolecular Hbond substituents is 1. The molecule has 2 aromatic carbocycles. The molecule has 2 aromatic heterocycles. The van der Waals surface area contributed by atoms with E-state index in [1.807, 2.05) is 5.38 Å². The topological polar surface area (TPSA) is 79.6 Å². The zero-order valence-electron chi connectivity index (χ0n) is 15.7. The molecule has 0 fully saturated rings. The van der Waals surface area contributed by atoms with Gasteiger partial charge in [-0.1, -0.05) is 12.1 Å². The van der Waals surface area contributed by atoms with Gasteiger partial charge in [0.1, 0.15) is 28.5 Å². The summed E-state index contributed by atoms with van der Waals surface area (Å²) in [6, 6.07) is 11.3. The molecular formula is C21H17FN4O2S. The molecule has 0 saturated heterocycles. The van der Waals surface area contributed by atoms with Crippen molar-refractivity contribution in [2.24, 2.45) is 5.10 Å². The number of benzene rings is 2. The second-order valence-electron chi connectivity index (χ2n) is 6.25. The summed E-state index contributed by atoms with van der Waals surface area (Å²) in [7, 11) is 1.54. The maximum Gasteiger partial charge on any atom is 0.159 e. The standard InChI is InChI=1S/C21H17FN4O2S/c1-12(16-8-7-15(28-2)9-18(16)27)25-26-20-19-17(10-29-21(19)24-11-23-20)13-3-5-14(22)6-4-13/h3-11,27H,1-2H3,(H,23,24,26)/b25-12+. The zero-order chi connectivity index (χ0) is 20.4. The average molecular weight is 408 g/mol. The van der Waals surface area contributed by atoms with Crippen LogP contribution in [0.3, 0.4) is 0 Å². The van der Waals surface area contributed by atoms with Crippen LogP contribution in [0, 0.1) is 5.82 Å². The van der Waals surface area contributed by atoms with Crippen LogP contribution >= 0.6 is 11.3 Å². The minimum absolute atomic E-state index is 0.0720. The van der Waals surface area contributed by atoms with Gasteiger partial charge < -0.3 is 9.84 Å². The van der Waals surface area contributed by atoms with E-state index in [0.717, 1.165) is 21.3 Å². The highest BCUT2D eigenvalue weighted by Crippen LogP contribution is 2.36. The molecule has 0 atom stereocenters. The van der Waals surface area contributed by atoms with E-state index < -0.39 is 0 Å². The van der Waals surface area contributed by atoms with Crippen molar-refractivity contribution in [1.82, 2.24) is 9.97 Å². The number of hydrogen-bond donors (Lipinski definition) is 2. The summed E-state index contributed by atoms with van der Waals surface area (Å²) >= 11 is 1.48. The number of aromatic nitrogens is 2. The Kier molecular flexibility index (Phi) is 5.09. The van der Waals surface area contributed by atoms with Gasteiger partial charge in [-0.15, -0.1) is 11.3 Å². The van der Waals surface area contributed by atoms with Crippen molar-refractivity contribution < 1.29 is 14.2 Å². The molecule has 0 amide bonds. The molecule has 6 nitrogen and oxygen atoms in total. The van der Waals surface area contributed by atoms with Gasteiger partial charge in [0, 0.05) is 22.6 Å². The lowest BCUT2D eigenvalue weighted by atomic mass is 10.1. The fraction of sp³-hybridized carbons (Fsp3) is 0.0952. The van der Waals surface area contributed by atoms with E-state index in [0.29, 0.717) is 22.8 Å². The molecule has 0 aliphatic heterocycles. The number of halogens is 1. The number of nitrogens with zero attached hydrogens (tertiary/aromatic N) is 3. The summed E-state index contributed by atoms with van der Waals surface area (Å²) in [5, 5.41) is 17.3. The molecule has 2 N–H and O–H groups in total. The third-order valence-electron chi connectivity index (χ3n) is 4.45. The molecular weight excluding hydrogens is 391 g/mol. The van der Waals surface area contributed by atoms with Gasteiger partial charge in [0.2, 0.25) is 0 Å². The van der Waals surface area contributed by atoms with E-state index in [1.165, 1.54) is 43.0 Å². The lowest BCUT2D eigenvalue weighted by Crippen LogP contribution is -2.02. The second kappa shape index (κ2) is 7.84. The Balaban J connectivity index is 1.70. The van der Waals surface area contributed by atoms with Gasteiger partial charge in [-0.2, -0.15) is 5.10 Å². The number of aromatic hydroxyl groups is 1. The van der Waals surface area contributed by atoms with Crippen LogP contribution in [0.15, 0.2) is 59.3 Å². The summed E-state index contributed by atoms with van der Waals surface area (Å²) in [6.45, 7) is 1.78. The second-order valence-corrected chi connectivity index (χ2v) is 7.11. The fourth-order valence-corrected chi connectivity index (χ4v) is 3.86.